The lowest BCUT2D eigenvalue weighted by molar-refractivity contribution is 0.0906. The van der Waals surface area contributed by atoms with E-state index in [9.17, 15) is 4.79 Å². The smallest absolute Gasteiger partial charge is 0.319 e. The summed E-state index contributed by atoms with van der Waals surface area (Å²) in [5.41, 5.74) is 1.67. The summed E-state index contributed by atoms with van der Waals surface area (Å²) < 4.78 is 7.82. The molecule has 0 aromatic carbocycles. The van der Waals surface area contributed by atoms with Crippen LogP contribution < -0.4 is 10.6 Å². The van der Waals surface area contributed by atoms with Gasteiger partial charge in [0.15, 0.2) is 0 Å². The van der Waals surface area contributed by atoms with E-state index in [-0.39, 0.29) is 18.2 Å². The Bertz CT molecular complexity index is 685. The van der Waals surface area contributed by atoms with E-state index in [0.29, 0.717) is 12.3 Å². The highest BCUT2D eigenvalue weighted by Crippen LogP contribution is 2.28. The van der Waals surface area contributed by atoms with Crippen LogP contribution >= 0.6 is 0 Å². The highest BCUT2D eigenvalue weighted by Gasteiger charge is 2.33. The summed E-state index contributed by atoms with van der Waals surface area (Å²) in [5.74, 6) is 0.854. The molecule has 1 fully saturated rings. The summed E-state index contributed by atoms with van der Waals surface area (Å²) >= 11 is 0. The summed E-state index contributed by atoms with van der Waals surface area (Å²) in [6.45, 7) is 5.42. The third-order valence-electron chi connectivity index (χ3n) is 3.88. The number of carbonyl (C=O) groups excluding carboxylic acids is 1. The van der Waals surface area contributed by atoms with Gasteiger partial charge < -0.3 is 19.9 Å². The second-order valence-electron chi connectivity index (χ2n) is 5.61. The van der Waals surface area contributed by atoms with Gasteiger partial charge in [-0.3, -0.25) is 4.98 Å². The maximum atomic E-state index is 12.2. The number of hydrogen-bond donors (Lipinski definition) is 2. The number of urea groups is 1. The maximum Gasteiger partial charge on any atom is 0.319 e. The average molecular weight is 315 g/mol. The number of nitrogens with zero attached hydrogens (tertiary/aromatic N) is 3. The van der Waals surface area contributed by atoms with Crippen LogP contribution in [0.2, 0.25) is 0 Å². The fourth-order valence-electron chi connectivity index (χ4n) is 2.80. The molecule has 2 aromatic rings. The third kappa shape index (κ3) is 3.50. The summed E-state index contributed by atoms with van der Waals surface area (Å²) in [7, 11) is 0. The van der Waals surface area contributed by atoms with Gasteiger partial charge in [0.2, 0.25) is 0 Å². The Hall–Kier alpha value is -2.41. The molecule has 2 N–H and O–H groups in total. The molecule has 7 heteroatoms. The first-order valence-electron chi connectivity index (χ1n) is 7.79. The number of carbonyl (C=O) groups is 1. The molecule has 0 aliphatic carbocycles. The van der Waals surface area contributed by atoms with Crippen LogP contribution in [0.5, 0.6) is 0 Å². The van der Waals surface area contributed by atoms with Crippen LogP contribution in [0, 0.1) is 6.92 Å². The Morgan fingerprint density at radius 1 is 1.48 bits per heavy atom. The van der Waals surface area contributed by atoms with Gasteiger partial charge >= 0.3 is 6.03 Å². The lowest BCUT2D eigenvalue weighted by atomic mass is 10.1. The molecular formula is C16H21N5O2. The SMILES string of the molecule is CCn1ccnc1[C@H]1OCC[C@@H]1NC(=O)Nc1cncc(C)c1. The van der Waals surface area contributed by atoms with Crippen LogP contribution in [0.4, 0.5) is 10.5 Å². The predicted molar refractivity (Wildman–Crippen MR) is 86.1 cm³/mol. The number of hydrogen-bond acceptors (Lipinski definition) is 4. The van der Waals surface area contributed by atoms with Crippen molar-refractivity contribution in [2.24, 2.45) is 0 Å². The Kier molecular flexibility index (Phi) is 4.57. The van der Waals surface area contributed by atoms with Crippen molar-refractivity contribution in [3.63, 3.8) is 0 Å². The van der Waals surface area contributed by atoms with Gasteiger partial charge in [0, 0.05) is 31.7 Å². The minimum atomic E-state index is -0.257. The standard InChI is InChI=1S/C16H21N5O2/c1-3-21-6-5-18-15(21)14-13(4-7-23-14)20-16(22)19-12-8-11(2)9-17-10-12/h5-6,8-10,13-14H,3-4,7H2,1-2H3,(H2,19,20,22)/t13-,14-/m0/s1. The second kappa shape index (κ2) is 6.78. The zero-order chi connectivity index (χ0) is 16.2. The van der Waals surface area contributed by atoms with Gasteiger partial charge in [0.25, 0.3) is 0 Å². The first-order valence-corrected chi connectivity index (χ1v) is 7.79. The van der Waals surface area contributed by atoms with Gasteiger partial charge in [-0.2, -0.15) is 0 Å². The van der Waals surface area contributed by atoms with Crippen LogP contribution in [0.1, 0.15) is 30.8 Å². The molecule has 0 radical (unpaired) electrons. The minimum Gasteiger partial charge on any atom is -0.368 e. The van der Waals surface area contributed by atoms with Crippen LogP contribution in [0.15, 0.2) is 30.9 Å². The summed E-state index contributed by atoms with van der Waals surface area (Å²) in [6, 6.07) is 1.52. The second-order valence-corrected chi connectivity index (χ2v) is 5.61. The number of rotatable bonds is 4. The number of aromatic nitrogens is 3. The van der Waals surface area contributed by atoms with Crippen molar-refractivity contribution in [1.82, 2.24) is 19.9 Å². The number of imidazole rings is 1. The van der Waals surface area contributed by atoms with E-state index in [4.69, 9.17) is 4.74 Å². The highest BCUT2D eigenvalue weighted by atomic mass is 16.5. The Labute approximate surface area is 135 Å². The van der Waals surface area contributed by atoms with Gasteiger partial charge in [-0.25, -0.2) is 9.78 Å². The molecule has 0 bridgehead atoms. The Morgan fingerprint density at radius 2 is 2.35 bits per heavy atom. The number of amides is 2. The predicted octanol–water partition coefficient (Wildman–Crippen LogP) is 2.26. The number of anilines is 1. The van der Waals surface area contributed by atoms with E-state index in [1.54, 1.807) is 18.6 Å². The third-order valence-corrected chi connectivity index (χ3v) is 3.88. The van der Waals surface area contributed by atoms with Gasteiger partial charge in [0.05, 0.1) is 17.9 Å². The normalized spacial score (nSPS) is 20.4. The van der Waals surface area contributed by atoms with E-state index in [2.05, 4.69) is 27.5 Å². The molecule has 0 saturated carbocycles. The molecule has 1 aliphatic heterocycles. The van der Waals surface area contributed by atoms with Crippen LogP contribution in [0.25, 0.3) is 0 Å². The van der Waals surface area contributed by atoms with Crippen molar-refractivity contribution in [2.75, 3.05) is 11.9 Å². The zero-order valence-electron chi connectivity index (χ0n) is 13.3. The molecule has 2 amide bonds. The molecule has 0 unspecified atom stereocenters. The van der Waals surface area contributed by atoms with E-state index in [1.807, 2.05) is 23.8 Å². The Balaban J connectivity index is 1.65. The molecule has 1 saturated heterocycles. The minimum absolute atomic E-state index is 0.0968. The number of pyridine rings is 1. The highest BCUT2D eigenvalue weighted by molar-refractivity contribution is 5.89. The summed E-state index contributed by atoms with van der Waals surface area (Å²) in [4.78, 5) is 20.7. The summed E-state index contributed by atoms with van der Waals surface area (Å²) in [5, 5.41) is 5.79. The lowest BCUT2D eigenvalue weighted by Gasteiger charge is -2.20. The average Bonchev–Trinajstić information content (AvgIpc) is 3.15. The molecule has 3 rings (SSSR count). The largest absolute Gasteiger partial charge is 0.368 e. The van der Waals surface area contributed by atoms with Crippen molar-refractivity contribution in [2.45, 2.75) is 39.0 Å². The van der Waals surface area contributed by atoms with Crippen molar-refractivity contribution in [3.8, 4) is 0 Å². The Morgan fingerprint density at radius 3 is 3.13 bits per heavy atom. The quantitative estimate of drug-likeness (QED) is 0.907. The maximum absolute atomic E-state index is 12.2. The monoisotopic (exact) mass is 315 g/mol. The summed E-state index contributed by atoms with van der Waals surface area (Å²) in [6.07, 6.45) is 7.60. The zero-order valence-corrected chi connectivity index (χ0v) is 13.3. The lowest BCUT2D eigenvalue weighted by Crippen LogP contribution is -2.40. The molecule has 23 heavy (non-hydrogen) atoms. The molecule has 3 heterocycles. The van der Waals surface area contributed by atoms with E-state index < -0.39 is 0 Å². The van der Waals surface area contributed by atoms with E-state index in [1.165, 1.54) is 0 Å². The molecular weight excluding hydrogens is 294 g/mol. The molecule has 2 atom stereocenters. The number of aryl methyl sites for hydroxylation is 2. The fraction of sp³-hybridized carbons (Fsp3) is 0.438. The van der Waals surface area contributed by atoms with Gasteiger partial charge in [-0.1, -0.05) is 0 Å². The first kappa shape index (κ1) is 15.5. The number of nitrogens with one attached hydrogen (secondary N) is 2. The topological polar surface area (TPSA) is 81.1 Å². The van der Waals surface area contributed by atoms with Crippen molar-refractivity contribution < 1.29 is 9.53 Å². The molecule has 0 spiro atoms. The van der Waals surface area contributed by atoms with Crippen LogP contribution in [-0.2, 0) is 11.3 Å². The fourth-order valence-corrected chi connectivity index (χ4v) is 2.80. The number of ether oxygens (including phenoxy) is 1. The van der Waals surface area contributed by atoms with E-state index in [0.717, 1.165) is 24.4 Å². The van der Waals surface area contributed by atoms with Crippen LogP contribution in [-0.4, -0.2) is 33.2 Å². The first-order chi connectivity index (χ1) is 11.2. The van der Waals surface area contributed by atoms with Crippen molar-refractivity contribution >= 4 is 11.7 Å². The van der Waals surface area contributed by atoms with Crippen molar-refractivity contribution in [1.29, 1.82) is 0 Å². The molecule has 7 nitrogen and oxygen atoms in total. The molecule has 2 aromatic heterocycles. The van der Waals surface area contributed by atoms with Gasteiger partial charge in [0.1, 0.15) is 11.9 Å². The van der Waals surface area contributed by atoms with Crippen LogP contribution in [0.3, 0.4) is 0 Å². The molecule has 1 aliphatic rings. The van der Waals surface area contributed by atoms with Gasteiger partial charge in [-0.05, 0) is 31.9 Å². The molecule has 122 valence electrons. The van der Waals surface area contributed by atoms with Crippen molar-refractivity contribution in [3.05, 3.63) is 42.2 Å². The van der Waals surface area contributed by atoms with Gasteiger partial charge in [-0.15, -0.1) is 0 Å². The van der Waals surface area contributed by atoms with E-state index >= 15 is 0 Å².